The molecule has 0 radical (unpaired) electrons. The molecular weight excluding hydrogens is 280 g/mol. The van der Waals surface area contributed by atoms with Crippen molar-refractivity contribution in [3.05, 3.63) is 28.1 Å². The normalized spacial score (nSPS) is 17.8. The van der Waals surface area contributed by atoms with Crippen LogP contribution in [0.15, 0.2) is 21.0 Å². The molecule has 0 atom stereocenters. The van der Waals surface area contributed by atoms with Crippen LogP contribution in [0.2, 0.25) is 0 Å². The van der Waals surface area contributed by atoms with Crippen molar-refractivity contribution in [1.82, 2.24) is 10.3 Å². The Hall–Kier alpha value is -0.870. The molecule has 1 N–H and O–H groups in total. The number of aromatic nitrogens is 1. The van der Waals surface area contributed by atoms with Crippen LogP contribution in [0.1, 0.15) is 30.2 Å². The standard InChI is InChI=1S/C13H15BrN2O/c1-8-6-10(14)7-11-12(8)17-13(16-11)9-2-4-15-5-3-9/h6-7,9,15H,2-5H2,1H3. The van der Waals surface area contributed by atoms with Gasteiger partial charge in [0, 0.05) is 10.4 Å². The van der Waals surface area contributed by atoms with E-state index in [1.165, 1.54) is 0 Å². The quantitative estimate of drug-likeness (QED) is 0.876. The van der Waals surface area contributed by atoms with E-state index in [0.29, 0.717) is 5.92 Å². The van der Waals surface area contributed by atoms with Gasteiger partial charge in [0.15, 0.2) is 11.5 Å². The summed E-state index contributed by atoms with van der Waals surface area (Å²) < 4.78 is 7.00. The average Bonchev–Trinajstić information content (AvgIpc) is 2.74. The minimum absolute atomic E-state index is 0.474. The molecule has 3 nitrogen and oxygen atoms in total. The number of piperidine rings is 1. The topological polar surface area (TPSA) is 38.1 Å². The smallest absolute Gasteiger partial charge is 0.198 e. The zero-order chi connectivity index (χ0) is 11.8. The van der Waals surface area contributed by atoms with Gasteiger partial charge in [0.2, 0.25) is 0 Å². The van der Waals surface area contributed by atoms with Gasteiger partial charge in [0.1, 0.15) is 5.52 Å². The minimum atomic E-state index is 0.474. The maximum absolute atomic E-state index is 5.93. The third-order valence-electron chi connectivity index (χ3n) is 3.35. The summed E-state index contributed by atoms with van der Waals surface area (Å²) in [7, 11) is 0. The van der Waals surface area contributed by atoms with Crippen molar-refractivity contribution in [2.24, 2.45) is 0 Å². The zero-order valence-corrected chi connectivity index (χ0v) is 11.4. The third-order valence-corrected chi connectivity index (χ3v) is 3.80. The molecule has 1 fully saturated rings. The fraction of sp³-hybridized carbons (Fsp3) is 0.462. The minimum Gasteiger partial charge on any atom is -0.440 e. The maximum atomic E-state index is 5.93. The number of hydrogen-bond donors (Lipinski definition) is 1. The monoisotopic (exact) mass is 294 g/mol. The van der Waals surface area contributed by atoms with E-state index < -0.39 is 0 Å². The number of hydrogen-bond acceptors (Lipinski definition) is 3. The number of oxazole rings is 1. The van der Waals surface area contributed by atoms with E-state index in [9.17, 15) is 0 Å². The van der Waals surface area contributed by atoms with Crippen molar-refractivity contribution in [2.75, 3.05) is 13.1 Å². The average molecular weight is 295 g/mol. The largest absolute Gasteiger partial charge is 0.440 e. The van der Waals surface area contributed by atoms with E-state index in [1.54, 1.807) is 0 Å². The van der Waals surface area contributed by atoms with Crippen molar-refractivity contribution in [3.63, 3.8) is 0 Å². The molecule has 1 aliphatic rings. The summed E-state index contributed by atoms with van der Waals surface area (Å²) in [5, 5.41) is 3.36. The van der Waals surface area contributed by atoms with E-state index in [2.05, 4.69) is 39.2 Å². The van der Waals surface area contributed by atoms with Crippen LogP contribution in [0.25, 0.3) is 11.1 Å². The molecular formula is C13H15BrN2O. The second-order valence-corrected chi connectivity index (χ2v) is 5.56. The number of nitrogens with zero attached hydrogens (tertiary/aromatic N) is 1. The highest BCUT2D eigenvalue weighted by Crippen LogP contribution is 2.30. The Labute approximate surface area is 109 Å². The lowest BCUT2D eigenvalue weighted by Crippen LogP contribution is -2.26. The van der Waals surface area contributed by atoms with Gasteiger partial charge in [-0.15, -0.1) is 0 Å². The summed E-state index contributed by atoms with van der Waals surface area (Å²) in [6.07, 6.45) is 2.24. The van der Waals surface area contributed by atoms with Crippen LogP contribution < -0.4 is 5.32 Å². The number of benzene rings is 1. The van der Waals surface area contributed by atoms with Crippen molar-refractivity contribution < 1.29 is 4.42 Å². The first-order chi connectivity index (χ1) is 8.24. The molecule has 1 saturated heterocycles. The second kappa shape index (κ2) is 4.42. The molecule has 1 aliphatic heterocycles. The van der Waals surface area contributed by atoms with Crippen LogP contribution in [-0.2, 0) is 0 Å². The van der Waals surface area contributed by atoms with Crippen LogP contribution in [0.3, 0.4) is 0 Å². The van der Waals surface area contributed by atoms with E-state index in [-0.39, 0.29) is 0 Å². The van der Waals surface area contributed by atoms with Gasteiger partial charge in [-0.05, 0) is 50.6 Å². The Morgan fingerprint density at radius 1 is 1.35 bits per heavy atom. The number of halogens is 1. The number of fused-ring (bicyclic) bond motifs is 1. The summed E-state index contributed by atoms with van der Waals surface area (Å²) in [5.74, 6) is 1.38. The van der Waals surface area contributed by atoms with Gasteiger partial charge in [-0.3, -0.25) is 0 Å². The van der Waals surface area contributed by atoms with Gasteiger partial charge in [-0.1, -0.05) is 15.9 Å². The summed E-state index contributed by atoms with van der Waals surface area (Å²) in [6.45, 7) is 4.18. The van der Waals surface area contributed by atoms with Crippen LogP contribution in [0.4, 0.5) is 0 Å². The maximum Gasteiger partial charge on any atom is 0.198 e. The molecule has 0 aliphatic carbocycles. The molecule has 0 unspecified atom stereocenters. The molecule has 0 bridgehead atoms. The lowest BCUT2D eigenvalue weighted by Gasteiger charge is -2.19. The predicted octanol–water partition coefficient (Wildman–Crippen LogP) is 3.37. The molecule has 4 heteroatoms. The lowest BCUT2D eigenvalue weighted by molar-refractivity contribution is 0.385. The Bertz CT molecular complexity index is 544. The highest BCUT2D eigenvalue weighted by molar-refractivity contribution is 9.10. The van der Waals surface area contributed by atoms with E-state index in [4.69, 9.17) is 4.42 Å². The fourth-order valence-corrected chi connectivity index (χ4v) is 2.98. The molecule has 90 valence electrons. The molecule has 2 aromatic rings. The Kier molecular flexibility index (Phi) is 2.92. The fourth-order valence-electron chi connectivity index (χ4n) is 2.42. The lowest BCUT2D eigenvalue weighted by atomic mass is 9.98. The number of rotatable bonds is 1. The molecule has 2 heterocycles. The van der Waals surface area contributed by atoms with E-state index >= 15 is 0 Å². The predicted molar refractivity (Wildman–Crippen MR) is 71.3 cm³/mol. The Balaban J connectivity index is 2.03. The zero-order valence-electron chi connectivity index (χ0n) is 9.79. The SMILES string of the molecule is Cc1cc(Br)cc2nc(C3CCNCC3)oc12. The Morgan fingerprint density at radius 3 is 2.88 bits per heavy atom. The first-order valence-corrected chi connectivity index (χ1v) is 6.80. The first kappa shape index (κ1) is 11.2. The summed E-state index contributed by atoms with van der Waals surface area (Å²) in [4.78, 5) is 4.63. The summed E-state index contributed by atoms with van der Waals surface area (Å²) >= 11 is 3.50. The number of aryl methyl sites for hydroxylation is 1. The molecule has 17 heavy (non-hydrogen) atoms. The van der Waals surface area contributed by atoms with Gasteiger partial charge in [-0.25, -0.2) is 4.98 Å². The van der Waals surface area contributed by atoms with Crippen LogP contribution in [-0.4, -0.2) is 18.1 Å². The molecule has 0 spiro atoms. The van der Waals surface area contributed by atoms with Crippen molar-refractivity contribution >= 4 is 27.0 Å². The molecule has 1 aromatic heterocycles. The van der Waals surface area contributed by atoms with Gasteiger partial charge in [0.25, 0.3) is 0 Å². The van der Waals surface area contributed by atoms with Crippen molar-refractivity contribution in [2.45, 2.75) is 25.7 Å². The molecule has 0 amide bonds. The first-order valence-electron chi connectivity index (χ1n) is 6.01. The van der Waals surface area contributed by atoms with Crippen molar-refractivity contribution in [1.29, 1.82) is 0 Å². The Morgan fingerprint density at radius 2 is 2.12 bits per heavy atom. The van der Waals surface area contributed by atoms with Crippen LogP contribution in [0, 0.1) is 6.92 Å². The van der Waals surface area contributed by atoms with Gasteiger partial charge in [0.05, 0.1) is 0 Å². The van der Waals surface area contributed by atoms with Gasteiger partial charge in [-0.2, -0.15) is 0 Å². The number of nitrogens with one attached hydrogen (secondary N) is 1. The van der Waals surface area contributed by atoms with Gasteiger partial charge < -0.3 is 9.73 Å². The van der Waals surface area contributed by atoms with Gasteiger partial charge >= 0.3 is 0 Å². The summed E-state index contributed by atoms with van der Waals surface area (Å²) in [6, 6.07) is 4.09. The van der Waals surface area contributed by atoms with E-state index in [1.807, 2.05) is 6.07 Å². The highest BCUT2D eigenvalue weighted by Gasteiger charge is 2.21. The van der Waals surface area contributed by atoms with E-state index in [0.717, 1.165) is 53.0 Å². The summed E-state index contributed by atoms with van der Waals surface area (Å²) in [5.41, 5.74) is 3.04. The van der Waals surface area contributed by atoms with Crippen LogP contribution in [0.5, 0.6) is 0 Å². The highest BCUT2D eigenvalue weighted by atomic mass is 79.9. The molecule has 3 rings (SSSR count). The molecule has 1 aromatic carbocycles. The van der Waals surface area contributed by atoms with Crippen LogP contribution >= 0.6 is 15.9 Å². The van der Waals surface area contributed by atoms with Crippen molar-refractivity contribution in [3.8, 4) is 0 Å². The second-order valence-electron chi connectivity index (χ2n) is 4.65. The third kappa shape index (κ3) is 2.11. The molecule has 0 saturated carbocycles.